The Balaban J connectivity index is 0.00000192. The summed E-state index contributed by atoms with van der Waals surface area (Å²) in [6.45, 7) is 3.35. The van der Waals surface area contributed by atoms with Crippen molar-refractivity contribution in [2.45, 2.75) is 38.3 Å². The zero-order valence-electron chi connectivity index (χ0n) is 13.8. The molecule has 1 heterocycles. The minimum absolute atomic E-state index is 0. The molecule has 2 fully saturated rings. The molecule has 0 aromatic heterocycles. The quantitative estimate of drug-likeness (QED) is 0.867. The fraction of sp³-hybridized carbons (Fsp3) is 0.611. The second-order valence-electron chi connectivity index (χ2n) is 6.51. The molecule has 0 bridgehead atoms. The lowest BCUT2D eigenvalue weighted by Gasteiger charge is -2.33. The van der Waals surface area contributed by atoms with Crippen LogP contribution in [0.3, 0.4) is 0 Å². The lowest BCUT2D eigenvalue weighted by molar-refractivity contribution is 0.0700. The zero-order chi connectivity index (χ0) is 15.4. The van der Waals surface area contributed by atoms with Gasteiger partial charge in [0.1, 0.15) is 0 Å². The van der Waals surface area contributed by atoms with Crippen LogP contribution < -0.4 is 5.32 Å². The van der Waals surface area contributed by atoms with E-state index in [-0.39, 0.29) is 18.3 Å². The first-order valence-corrected chi connectivity index (χ1v) is 8.37. The van der Waals surface area contributed by atoms with Gasteiger partial charge in [-0.3, -0.25) is 4.79 Å². The largest absolute Gasteiger partial charge is 0.380 e. The first-order chi connectivity index (χ1) is 10.8. The van der Waals surface area contributed by atoms with Crippen molar-refractivity contribution in [2.75, 3.05) is 26.7 Å². The fourth-order valence-electron chi connectivity index (χ4n) is 3.12. The predicted molar refractivity (Wildman–Crippen MR) is 94.1 cm³/mol. The molecule has 4 nitrogen and oxygen atoms in total. The summed E-state index contributed by atoms with van der Waals surface area (Å²) in [4.78, 5) is 14.7. The molecule has 1 N–H and O–H groups in total. The van der Waals surface area contributed by atoms with E-state index < -0.39 is 0 Å². The molecule has 1 aromatic carbocycles. The highest BCUT2D eigenvalue weighted by atomic mass is 35.5. The van der Waals surface area contributed by atoms with E-state index in [1.54, 1.807) is 7.11 Å². The summed E-state index contributed by atoms with van der Waals surface area (Å²) >= 11 is 0. The lowest BCUT2D eigenvalue weighted by Crippen LogP contribution is -2.45. The van der Waals surface area contributed by atoms with E-state index in [1.165, 1.54) is 12.8 Å². The van der Waals surface area contributed by atoms with Crippen LogP contribution in [-0.2, 0) is 11.3 Å². The van der Waals surface area contributed by atoms with Crippen LogP contribution in [0.4, 0.5) is 0 Å². The van der Waals surface area contributed by atoms with Gasteiger partial charge in [-0.25, -0.2) is 0 Å². The molecule has 5 heteroatoms. The lowest BCUT2D eigenvalue weighted by atomic mass is 10.0. The molecule has 0 spiro atoms. The van der Waals surface area contributed by atoms with E-state index in [1.807, 2.05) is 29.2 Å². The normalized spacial score (nSPS) is 18.6. The molecule has 1 aromatic rings. The zero-order valence-corrected chi connectivity index (χ0v) is 14.6. The van der Waals surface area contributed by atoms with Crippen LogP contribution in [0.2, 0.25) is 0 Å². The average Bonchev–Trinajstić information content (AvgIpc) is 3.38. The Labute approximate surface area is 145 Å². The topological polar surface area (TPSA) is 41.6 Å². The molecule has 1 aliphatic carbocycles. The number of carbonyl (C=O) groups excluding carboxylic acids is 1. The van der Waals surface area contributed by atoms with Crippen LogP contribution in [0, 0.1) is 5.92 Å². The SMILES string of the molecule is COCc1ccccc1C(=O)N1CCC(NCC2CC2)CC1.Cl. The first-order valence-electron chi connectivity index (χ1n) is 8.37. The van der Waals surface area contributed by atoms with Gasteiger partial charge in [-0.2, -0.15) is 0 Å². The number of nitrogens with zero attached hydrogens (tertiary/aromatic N) is 1. The van der Waals surface area contributed by atoms with Crippen molar-refractivity contribution < 1.29 is 9.53 Å². The molecular formula is C18H27ClN2O2. The maximum Gasteiger partial charge on any atom is 0.254 e. The highest BCUT2D eigenvalue weighted by Gasteiger charge is 2.27. The van der Waals surface area contributed by atoms with E-state index in [0.717, 1.165) is 49.5 Å². The molecule has 3 rings (SSSR count). The summed E-state index contributed by atoms with van der Waals surface area (Å²) in [5, 5.41) is 3.66. The average molecular weight is 339 g/mol. The Bertz CT molecular complexity index is 511. The Hall–Kier alpha value is -1.10. The van der Waals surface area contributed by atoms with Gasteiger partial charge in [0.15, 0.2) is 0 Å². The van der Waals surface area contributed by atoms with Crippen molar-refractivity contribution in [1.29, 1.82) is 0 Å². The summed E-state index contributed by atoms with van der Waals surface area (Å²) in [5.74, 6) is 1.06. The molecule has 0 radical (unpaired) electrons. The van der Waals surface area contributed by atoms with Crippen molar-refractivity contribution in [3.63, 3.8) is 0 Å². The van der Waals surface area contributed by atoms with Crippen molar-refractivity contribution >= 4 is 18.3 Å². The number of rotatable bonds is 6. The number of nitrogens with one attached hydrogen (secondary N) is 1. The summed E-state index contributed by atoms with van der Waals surface area (Å²) in [5.41, 5.74) is 1.76. The highest BCUT2D eigenvalue weighted by Crippen LogP contribution is 2.28. The van der Waals surface area contributed by atoms with E-state index in [2.05, 4.69) is 5.32 Å². The minimum Gasteiger partial charge on any atom is -0.380 e. The molecule has 23 heavy (non-hydrogen) atoms. The summed E-state index contributed by atoms with van der Waals surface area (Å²) in [6.07, 6.45) is 4.90. The van der Waals surface area contributed by atoms with Gasteiger partial charge in [0.2, 0.25) is 0 Å². The smallest absolute Gasteiger partial charge is 0.254 e. The Morgan fingerprint density at radius 1 is 1.22 bits per heavy atom. The summed E-state index contributed by atoms with van der Waals surface area (Å²) in [7, 11) is 1.66. The number of benzene rings is 1. The van der Waals surface area contributed by atoms with Gasteiger partial charge in [0.05, 0.1) is 6.61 Å². The number of hydrogen-bond acceptors (Lipinski definition) is 3. The van der Waals surface area contributed by atoms with Crippen LogP contribution in [-0.4, -0.2) is 43.6 Å². The third-order valence-corrected chi connectivity index (χ3v) is 4.72. The molecule has 2 aliphatic rings. The van der Waals surface area contributed by atoms with E-state index >= 15 is 0 Å². The molecular weight excluding hydrogens is 312 g/mol. The van der Waals surface area contributed by atoms with Crippen LogP contribution in [0.5, 0.6) is 0 Å². The highest BCUT2D eigenvalue weighted by molar-refractivity contribution is 5.95. The van der Waals surface area contributed by atoms with E-state index in [4.69, 9.17) is 4.74 Å². The number of piperidine rings is 1. The number of ether oxygens (including phenoxy) is 1. The van der Waals surface area contributed by atoms with Gasteiger partial charge in [0.25, 0.3) is 5.91 Å². The van der Waals surface area contributed by atoms with Crippen molar-refractivity contribution in [1.82, 2.24) is 10.2 Å². The molecule has 1 saturated heterocycles. The number of hydrogen-bond donors (Lipinski definition) is 1. The molecule has 0 unspecified atom stereocenters. The standard InChI is InChI=1S/C18H26N2O2.ClH/c1-22-13-15-4-2-3-5-17(15)18(21)20-10-8-16(9-11-20)19-12-14-6-7-14;/h2-5,14,16,19H,6-13H2,1H3;1H. The molecule has 128 valence electrons. The fourth-order valence-corrected chi connectivity index (χ4v) is 3.12. The first kappa shape index (κ1) is 18.2. The van der Waals surface area contributed by atoms with Gasteiger partial charge in [-0.1, -0.05) is 18.2 Å². The Morgan fingerprint density at radius 3 is 2.57 bits per heavy atom. The van der Waals surface area contributed by atoms with Crippen molar-refractivity contribution in [3.05, 3.63) is 35.4 Å². The molecule has 1 amide bonds. The van der Waals surface area contributed by atoms with Crippen molar-refractivity contribution in [3.8, 4) is 0 Å². The third-order valence-electron chi connectivity index (χ3n) is 4.72. The van der Waals surface area contributed by atoms with Gasteiger partial charge < -0.3 is 15.0 Å². The second-order valence-corrected chi connectivity index (χ2v) is 6.51. The van der Waals surface area contributed by atoms with Gasteiger partial charge >= 0.3 is 0 Å². The number of amides is 1. The van der Waals surface area contributed by atoms with Gasteiger partial charge in [-0.05, 0) is 49.8 Å². The van der Waals surface area contributed by atoms with E-state index in [9.17, 15) is 4.79 Å². The second kappa shape index (κ2) is 8.67. The molecule has 0 atom stereocenters. The number of methoxy groups -OCH3 is 1. The van der Waals surface area contributed by atoms with Crippen LogP contribution in [0.15, 0.2) is 24.3 Å². The number of halogens is 1. The summed E-state index contributed by atoms with van der Waals surface area (Å²) < 4.78 is 5.20. The van der Waals surface area contributed by atoms with Crippen LogP contribution in [0.1, 0.15) is 41.6 Å². The van der Waals surface area contributed by atoms with Gasteiger partial charge in [-0.15, -0.1) is 12.4 Å². The molecule has 1 aliphatic heterocycles. The number of likely N-dealkylation sites (tertiary alicyclic amines) is 1. The predicted octanol–water partition coefficient (Wildman–Crippen LogP) is 2.86. The maximum absolute atomic E-state index is 12.7. The summed E-state index contributed by atoms with van der Waals surface area (Å²) in [6, 6.07) is 8.35. The Morgan fingerprint density at radius 2 is 1.91 bits per heavy atom. The maximum atomic E-state index is 12.7. The van der Waals surface area contributed by atoms with Crippen LogP contribution >= 0.6 is 12.4 Å². The van der Waals surface area contributed by atoms with E-state index in [0.29, 0.717) is 12.6 Å². The van der Waals surface area contributed by atoms with Crippen LogP contribution in [0.25, 0.3) is 0 Å². The number of carbonyl (C=O) groups is 1. The monoisotopic (exact) mass is 338 g/mol. The Kier molecular flexibility index (Phi) is 6.88. The van der Waals surface area contributed by atoms with Gasteiger partial charge in [0, 0.05) is 31.8 Å². The third kappa shape index (κ3) is 4.93. The molecule has 1 saturated carbocycles. The van der Waals surface area contributed by atoms with Crippen molar-refractivity contribution in [2.24, 2.45) is 5.92 Å². The minimum atomic E-state index is 0.